The summed E-state index contributed by atoms with van der Waals surface area (Å²) in [5.74, 6) is -0.0206. The molecule has 0 spiro atoms. The smallest absolute Gasteiger partial charge is 0.220 e. The summed E-state index contributed by atoms with van der Waals surface area (Å²) < 4.78 is 0. The standard InChI is InChI=1S/C20H23ClN2O2/c21-18-10-6-17(7-11-18)9-13-20(25)23-15-14-22-19(24)12-8-16-4-2-1-3-5-16/h1-7,10-11H,8-9,12-15H2,(H,22,24)(H,23,25). The van der Waals surface area contributed by atoms with Gasteiger partial charge >= 0.3 is 0 Å². The molecule has 4 nitrogen and oxygen atoms in total. The molecule has 0 aliphatic rings. The number of hydrogen-bond donors (Lipinski definition) is 2. The quantitative estimate of drug-likeness (QED) is 0.676. The van der Waals surface area contributed by atoms with Crippen molar-refractivity contribution in [3.05, 3.63) is 70.7 Å². The molecular weight excluding hydrogens is 336 g/mol. The van der Waals surface area contributed by atoms with Crippen molar-refractivity contribution in [3.63, 3.8) is 0 Å². The largest absolute Gasteiger partial charge is 0.354 e. The van der Waals surface area contributed by atoms with E-state index >= 15 is 0 Å². The normalized spacial score (nSPS) is 10.3. The van der Waals surface area contributed by atoms with Crippen LogP contribution in [0.4, 0.5) is 0 Å². The summed E-state index contributed by atoms with van der Waals surface area (Å²) in [4.78, 5) is 23.6. The third-order valence-electron chi connectivity index (χ3n) is 3.81. The molecular formula is C20H23ClN2O2. The number of carbonyl (C=O) groups is 2. The Morgan fingerprint density at radius 2 is 1.20 bits per heavy atom. The summed E-state index contributed by atoms with van der Waals surface area (Å²) in [6.45, 7) is 0.886. The highest BCUT2D eigenvalue weighted by atomic mass is 35.5. The van der Waals surface area contributed by atoms with Crippen molar-refractivity contribution >= 4 is 23.4 Å². The molecule has 0 saturated carbocycles. The number of carbonyl (C=O) groups excluding carboxylic acids is 2. The predicted molar refractivity (Wildman–Crippen MR) is 101 cm³/mol. The molecule has 0 atom stereocenters. The van der Waals surface area contributed by atoms with Gasteiger partial charge in [0, 0.05) is 31.0 Å². The van der Waals surface area contributed by atoms with Gasteiger partial charge in [0.05, 0.1) is 0 Å². The van der Waals surface area contributed by atoms with Crippen molar-refractivity contribution in [1.29, 1.82) is 0 Å². The number of halogens is 1. The highest BCUT2D eigenvalue weighted by molar-refractivity contribution is 6.30. The van der Waals surface area contributed by atoms with Gasteiger partial charge in [-0.3, -0.25) is 9.59 Å². The van der Waals surface area contributed by atoms with Crippen LogP contribution in [0.2, 0.25) is 5.02 Å². The second-order valence-corrected chi connectivity index (χ2v) is 6.25. The van der Waals surface area contributed by atoms with Crippen LogP contribution in [0.5, 0.6) is 0 Å². The van der Waals surface area contributed by atoms with E-state index in [9.17, 15) is 9.59 Å². The lowest BCUT2D eigenvalue weighted by Crippen LogP contribution is -2.34. The first-order valence-corrected chi connectivity index (χ1v) is 8.83. The van der Waals surface area contributed by atoms with Crippen LogP contribution in [0.25, 0.3) is 0 Å². The SMILES string of the molecule is O=C(CCc1ccccc1)NCCNC(=O)CCc1ccc(Cl)cc1. The van der Waals surface area contributed by atoms with Crippen LogP contribution in [0, 0.1) is 0 Å². The number of aryl methyl sites for hydroxylation is 2. The molecule has 2 aromatic carbocycles. The zero-order chi connectivity index (χ0) is 17.9. The maximum Gasteiger partial charge on any atom is 0.220 e. The van der Waals surface area contributed by atoms with Crippen LogP contribution in [0.1, 0.15) is 24.0 Å². The third kappa shape index (κ3) is 7.86. The van der Waals surface area contributed by atoms with Gasteiger partial charge in [0.1, 0.15) is 0 Å². The van der Waals surface area contributed by atoms with Gasteiger partial charge in [-0.05, 0) is 36.1 Å². The summed E-state index contributed by atoms with van der Waals surface area (Å²) >= 11 is 5.83. The number of amides is 2. The zero-order valence-corrected chi connectivity index (χ0v) is 14.9. The number of rotatable bonds is 9. The van der Waals surface area contributed by atoms with Crippen molar-refractivity contribution < 1.29 is 9.59 Å². The van der Waals surface area contributed by atoms with E-state index in [1.54, 1.807) is 0 Å². The van der Waals surface area contributed by atoms with Crippen molar-refractivity contribution in [3.8, 4) is 0 Å². The molecule has 132 valence electrons. The van der Waals surface area contributed by atoms with Crippen LogP contribution in [0.3, 0.4) is 0 Å². The highest BCUT2D eigenvalue weighted by Gasteiger charge is 2.04. The molecule has 2 N–H and O–H groups in total. The molecule has 2 aromatic rings. The van der Waals surface area contributed by atoms with Crippen LogP contribution >= 0.6 is 11.6 Å². The lowest BCUT2D eigenvalue weighted by Gasteiger charge is -2.07. The molecule has 0 aliphatic heterocycles. The fraction of sp³-hybridized carbons (Fsp3) is 0.300. The van der Waals surface area contributed by atoms with Crippen molar-refractivity contribution in [2.45, 2.75) is 25.7 Å². The molecule has 0 radical (unpaired) electrons. The molecule has 0 heterocycles. The van der Waals surface area contributed by atoms with Crippen LogP contribution < -0.4 is 10.6 Å². The molecule has 0 unspecified atom stereocenters. The Morgan fingerprint density at radius 1 is 0.720 bits per heavy atom. The molecule has 0 aliphatic carbocycles. The van der Waals surface area contributed by atoms with Gasteiger partial charge in [0.25, 0.3) is 0 Å². The van der Waals surface area contributed by atoms with E-state index in [0.29, 0.717) is 37.4 Å². The highest BCUT2D eigenvalue weighted by Crippen LogP contribution is 2.10. The van der Waals surface area contributed by atoms with E-state index in [1.807, 2.05) is 54.6 Å². The fourth-order valence-electron chi connectivity index (χ4n) is 2.39. The van der Waals surface area contributed by atoms with Crippen molar-refractivity contribution in [1.82, 2.24) is 10.6 Å². The van der Waals surface area contributed by atoms with E-state index in [1.165, 1.54) is 0 Å². The van der Waals surface area contributed by atoms with Gasteiger partial charge < -0.3 is 10.6 Å². The van der Waals surface area contributed by atoms with Gasteiger partial charge in [-0.15, -0.1) is 0 Å². The first kappa shape index (κ1) is 19.0. The Bertz CT molecular complexity index is 672. The zero-order valence-electron chi connectivity index (χ0n) is 14.1. The predicted octanol–water partition coefficient (Wildman–Crippen LogP) is 3.14. The Balaban J connectivity index is 1.53. The summed E-state index contributed by atoms with van der Waals surface area (Å²) in [7, 11) is 0. The van der Waals surface area contributed by atoms with E-state index in [0.717, 1.165) is 17.5 Å². The Labute approximate surface area is 153 Å². The summed E-state index contributed by atoms with van der Waals surface area (Å²) in [5, 5.41) is 6.32. The topological polar surface area (TPSA) is 58.2 Å². The Kier molecular flexibility index (Phi) is 7.99. The van der Waals surface area contributed by atoms with E-state index < -0.39 is 0 Å². The lowest BCUT2D eigenvalue weighted by molar-refractivity contribution is -0.122. The minimum absolute atomic E-state index is 0.000679. The van der Waals surface area contributed by atoms with Crippen molar-refractivity contribution in [2.75, 3.05) is 13.1 Å². The van der Waals surface area contributed by atoms with Gasteiger partial charge in [-0.1, -0.05) is 54.1 Å². The maximum atomic E-state index is 11.8. The van der Waals surface area contributed by atoms with Gasteiger partial charge in [-0.25, -0.2) is 0 Å². The number of nitrogens with one attached hydrogen (secondary N) is 2. The number of benzene rings is 2. The average molecular weight is 359 g/mol. The third-order valence-corrected chi connectivity index (χ3v) is 4.06. The summed E-state index contributed by atoms with van der Waals surface area (Å²) in [5.41, 5.74) is 2.22. The number of hydrogen-bond acceptors (Lipinski definition) is 2. The second-order valence-electron chi connectivity index (χ2n) is 5.81. The summed E-state index contributed by atoms with van der Waals surface area (Å²) in [6, 6.07) is 17.4. The summed E-state index contributed by atoms with van der Waals surface area (Å²) in [6.07, 6.45) is 2.27. The monoisotopic (exact) mass is 358 g/mol. The molecule has 2 rings (SSSR count). The van der Waals surface area contributed by atoms with E-state index in [4.69, 9.17) is 11.6 Å². The first-order chi connectivity index (χ1) is 12.1. The van der Waals surface area contributed by atoms with Crippen LogP contribution in [0.15, 0.2) is 54.6 Å². The minimum atomic E-state index is -0.0199. The molecule has 0 bridgehead atoms. The van der Waals surface area contributed by atoms with Gasteiger partial charge in [-0.2, -0.15) is 0 Å². The molecule has 0 fully saturated rings. The van der Waals surface area contributed by atoms with Crippen molar-refractivity contribution in [2.24, 2.45) is 0 Å². The molecule has 2 amide bonds. The molecule has 0 saturated heterocycles. The average Bonchev–Trinajstić information content (AvgIpc) is 2.64. The fourth-order valence-corrected chi connectivity index (χ4v) is 2.52. The first-order valence-electron chi connectivity index (χ1n) is 8.45. The molecule has 0 aromatic heterocycles. The lowest BCUT2D eigenvalue weighted by atomic mass is 10.1. The van der Waals surface area contributed by atoms with Crippen LogP contribution in [-0.2, 0) is 22.4 Å². The Morgan fingerprint density at radius 3 is 1.72 bits per heavy atom. The minimum Gasteiger partial charge on any atom is -0.354 e. The van der Waals surface area contributed by atoms with E-state index in [-0.39, 0.29) is 11.8 Å². The molecule has 25 heavy (non-hydrogen) atoms. The van der Waals surface area contributed by atoms with Crippen LogP contribution in [-0.4, -0.2) is 24.9 Å². The molecule has 5 heteroatoms. The maximum absolute atomic E-state index is 11.8. The van der Waals surface area contributed by atoms with Gasteiger partial charge in [0.15, 0.2) is 0 Å². The second kappa shape index (κ2) is 10.5. The Hall–Kier alpha value is -2.33. The van der Waals surface area contributed by atoms with Gasteiger partial charge in [0.2, 0.25) is 11.8 Å². The van der Waals surface area contributed by atoms with E-state index in [2.05, 4.69) is 10.6 Å².